The number of Topliss-reactive ketones (excluding diaryl/α,β-unsaturated/α-hetero) is 1. The standard InChI is InChI=1S/C27H35N3O3/c1-27(2)16-21-22(23(31)17-27)18-30(20-12-8-5-9-13-20)26(33)24(21)25(32)28-14-15-29(3)19-10-6-4-7-11-19/h5,8-9,12-13,18-19H,4,6-7,10-11,14-17H2,1-3H3,(H,28,32). The van der Waals surface area contributed by atoms with E-state index >= 15 is 0 Å². The van der Waals surface area contributed by atoms with E-state index in [0.29, 0.717) is 42.2 Å². The highest BCUT2D eigenvalue weighted by atomic mass is 16.2. The first-order chi connectivity index (χ1) is 15.8. The molecule has 33 heavy (non-hydrogen) atoms. The van der Waals surface area contributed by atoms with Crippen LogP contribution in [0.1, 0.15) is 78.7 Å². The summed E-state index contributed by atoms with van der Waals surface area (Å²) < 4.78 is 1.44. The van der Waals surface area contributed by atoms with Gasteiger partial charge in [-0.05, 0) is 49.4 Å². The number of pyridine rings is 1. The molecule has 2 aliphatic rings. The molecule has 1 aromatic heterocycles. The van der Waals surface area contributed by atoms with E-state index in [1.807, 2.05) is 44.2 Å². The minimum Gasteiger partial charge on any atom is -0.351 e. The minimum absolute atomic E-state index is 0.0167. The van der Waals surface area contributed by atoms with Crippen molar-refractivity contribution in [3.63, 3.8) is 0 Å². The zero-order chi connectivity index (χ0) is 23.6. The zero-order valence-corrected chi connectivity index (χ0v) is 20.0. The Hall–Kier alpha value is -2.73. The van der Waals surface area contributed by atoms with Crippen LogP contribution in [-0.4, -0.2) is 47.3 Å². The van der Waals surface area contributed by atoms with Gasteiger partial charge in [0, 0.05) is 43.0 Å². The summed E-state index contributed by atoms with van der Waals surface area (Å²) in [5, 5.41) is 2.98. The van der Waals surface area contributed by atoms with Gasteiger partial charge in [0.1, 0.15) is 5.56 Å². The first kappa shape index (κ1) is 23.4. The molecule has 0 atom stereocenters. The van der Waals surface area contributed by atoms with Crippen molar-refractivity contribution in [2.24, 2.45) is 5.41 Å². The third kappa shape index (κ3) is 5.11. The number of carbonyl (C=O) groups excluding carboxylic acids is 2. The smallest absolute Gasteiger partial charge is 0.268 e. The Morgan fingerprint density at radius 2 is 1.79 bits per heavy atom. The lowest BCUT2D eigenvalue weighted by atomic mass is 9.73. The van der Waals surface area contributed by atoms with E-state index in [2.05, 4.69) is 17.3 Å². The molecule has 0 unspecified atom stereocenters. The molecule has 0 radical (unpaired) electrons. The number of para-hydroxylation sites is 1. The topological polar surface area (TPSA) is 71.4 Å². The first-order valence-corrected chi connectivity index (χ1v) is 12.1. The number of hydrogen-bond acceptors (Lipinski definition) is 4. The lowest BCUT2D eigenvalue weighted by Gasteiger charge is -2.32. The third-order valence-corrected chi connectivity index (χ3v) is 7.12. The van der Waals surface area contributed by atoms with Crippen molar-refractivity contribution in [3.8, 4) is 5.69 Å². The van der Waals surface area contributed by atoms with Crippen molar-refractivity contribution < 1.29 is 9.59 Å². The van der Waals surface area contributed by atoms with Crippen LogP contribution in [0.15, 0.2) is 41.3 Å². The van der Waals surface area contributed by atoms with Crippen LogP contribution in [0, 0.1) is 5.41 Å². The summed E-state index contributed by atoms with van der Waals surface area (Å²) in [6.45, 7) is 5.23. The van der Waals surface area contributed by atoms with Gasteiger partial charge in [-0.15, -0.1) is 0 Å². The maximum Gasteiger partial charge on any atom is 0.268 e. The molecule has 1 amide bonds. The molecule has 1 saturated carbocycles. The molecule has 1 aromatic carbocycles. The molecule has 1 heterocycles. The number of benzene rings is 1. The van der Waals surface area contributed by atoms with Crippen LogP contribution in [0.5, 0.6) is 0 Å². The van der Waals surface area contributed by atoms with Crippen molar-refractivity contribution >= 4 is 11.7 Å². The highest BCUT2D eigenvalue weighted by molar-refractivity contribution is 6.04. The van der Waals surface area contributed by atoms with Crippen LogP contribution in [0.2, 0.25) is 0 Å². The Balaban J connectivity index is 1.63. The Labute approximate surface area is 196 Å². The van der Waals surface area contributed by atoms with E-state index in [0.717, 1.165) is 6.54 Å². The van der Waals surface area contributed by atoms with Crippen molar-refractivity contribution in [1.82, 2.24) is 14.8 Å². The summed E-state index contributed by atoms with van der Waals surface area (Å²) in [4.78, 5) is 42.2. The highest BCUT2D eigenvalue weighted by Crippen LogP contribution is 2.35. The van der Waals surface area contributed by atoms with Crippen molar-refractivity contribution in [3.05, 3.63) is 63.6 Å². The second-order valence-electron chi connectivity index (χ2n) is 10.4. The molecule has 2 aromatic rings. The fourth-order valence-corrected chi connectivity index (χ4v) is 5.30. The minimum atomic E-state index is -0.385. The first-order valence-electron chi connectivity index (χ1n) is 12.1. The summed E-state index contributed by atoms with van der Waals surface area (Å²) in [5.74, 6) is -0.402. The normalized spacial score (nSPS) is 18.2. The predicted molar refractivity (Wildman–Crippen MR) is 130 cm³/mol. The molecule has 176 valence electrons. The number of carbonyl (C=O) groups is 2. The molecular formula is C27H35N3O3. The van der Waals surface area contributed by atoms with E-state index in [9.17, 15) is 14.4 Å². The van der Waals surface area contributed by atoms with Crippen LogP contribution >= 0.6 is 0 Å². The number of amides is 1. The molecule has 2 aliphatic carbocycles. The van der Waals surface area contributed by atoms with Gasteiger partial charge in [0.05, 0.1) is 0 Å². The molecule has 0 bridgehead atoms. The summed E-state index contributed by atoms with van der Waals surface area (Å²) in [5.41, 5.74) is 1.18. The Kier molecular flexibility index (Phi) is 6.84. The average molecular weight is 450 g/mol. The number of nitrogens with one attached hydrogen (secondary N) is 1. The number of aromatic nitrogens is 1. The fourth-order valence-electron chi connectivity index (χ4n) is 5.30. The molecule has 0 aliphatic heterocycles. The van der Waals surface area contributed by atoms with Gasteiger partial charge in [0.2, 0.25) is 0 Å². The number of hydrogen-bond donors (Lipinski definition) is 1. The molecule has 6 nitrogen and oxygen atoms in total. The fraction of sp³-hybridized carbons (Fsp3) is 0.519. The second-order valence-corrected chi connectivity index (χ2v) is 10.4. The molecular weight excluding hydrogens is 414 g/mol. The second kappa shape index (κ2) is 9.64. The van der Waals surface area contributed by atoms with Crippen LogP contribution in [-0.2, 0) is 6.42 Å². The van der Waals surface area contributed by atoms with Crippen molar-refractivity contribution in [1.29, 1.82) is 0 Å². The van der Waals surface area contributed by atoms with Crippen LogP contribution in [0.25, 0.3) is 5.69 Å². The van der Waals surface area contributed by atoms with Gasteiger partial charge < -0.3 is 10.2 Å². The van der Waals surface area contributed by atoms with Gasteiger partial charge in [-0.2, -0.15) is 0 Å². The SMILES string of the molecule is CN(CCNC(=O)c1c2c(cn(-c3ccccc3)c1=O)C(=O)CC(C)(C)C2)C1CCCCC1. The monoisotopic (exact) mass is 449 g/mol. The summed E-state index contributed by atoms with van der Waals surface area (Å²) in [6, 6.07) is 9.74. The number of nitrogens with zero attached hydrogens (tertiary/aromatic N) is 2. The number of ketones is 1. The number of likely N-dealkylation sites (N-methyl/N-ethyl adjacent to an activating group) is 1. The van der Waals surface area contributed by atoms with Crippen LogP contribution in [0.4, 0.5) is 0 Å². The average Bonchev–Trinajstić information content (AvgIpc) is 2.79. The Morgan fingerprint density at radius 1 is 1.09 bits per heavy atom. The lowest BCUT2D eigenvalue weighted by molar-refractivity contribution is 0.0908. The van der Waals surface area contributed by atoms with E-state index in [1.54, 1.807) is 6.20 Å². The Morgan fingerprint density at radius 3 is 2.48 bits per heavy atom. The highest BCUT2D eigenvalue weighted by Gasteiger charge is 2.36. The molecule has 4 rings (SSSR count). The van der Waals surface area contributed by atoms with Gasteiger partial charge in [-0.3, -0.25) is 19.0 Å². The van der Waals surface area contributed by atoms with Gasteiger partial charge in [0.15, 0.2) is 5.78 Å². The summed E-state index contributed by atoms with van der Waals surface area (Å²) >= 11 is 0. The van der Waals surface area contributed by atoms with Crippen molar-refractivity contribution in [2.75, 3.05) is 20.1 Å². The van der Waals surface area contributed by atoms with Gasteiger partial charge in [0.25, 0.3) is 11.5 Å². The van der Waals surface area contributed by atoms with Gasteiger partial charge in [-0.1, -0.05) is 51.3 Å². The maximum absolute atomic E-state index is 13.5. The summed E-state index contributed by atoms with van der Waals surface area (Å²) in [6.07, 6.45) is 8.80. The molecule has 0 saturated heterocycles. The summed E-state index contributed by atoms with van der Waals surface area (Å²) in [7, 11) is 2.11. The number of rotatable bonds is 6. The zero-order valence-electron chi connectivity index (χ0n) is 20.0. The number of fused-ring (bicyclic) bond motifs is 1. The third-order valence-electron chi connectivity index (χ3n) is 7.12. The maximum atomic E-state index is 13.5. The molecule has 1 fully saturated rings. The largest absolute Gasteiger partial charge is 0.351 e. The van der Waals surface area contributed by atoms with Crippen LogP contribution in [0.3, 0.4) is 0 Å². The van der Waals surface area contributed by atoms with E-state index < -0.39 is 0 Å². The van der Waals surface area contributed by atoms with E-state index in [1.165, 1.54) is 36.7 Å². The molecule has 0 spiro atoms. The lowest BCUT2D eigenvalue weighted by Crippen LogP contribution is -2.42. The molecule has 1 N–H and O–H groups in total. The van der Waals surface area contributed by atoms with Crippen molar-refractivity contribution in [2.45, 2.75) is 64.8 Å². The quantitative estimate of drug-likeness (QED) is 0.724. The Bertz CT molecular complexity index is 1080. The molecule has 6 heteroatoms. The van der Waals surface area contributed by atoms with E-state index in [4.69, 9.17) is 0 Å². The predicted octanol–water partition coefficient (Wildman–Crippen LogP) is 3.99. The van der Waals surface area contributed by atoms with E-state index in [-0.39, 0.29) is 28.2 Å². The van der Waals surface area contributed by atoms with Crippen LogP contribution < -0.4 is 10.9 Å². The van der Waals surface area contributed by atoms with Gasteiger partial charge in [-0.25, -0.2) is 0 Å². The van der Waals surface area contributed by atoms with Gasteiger partial charge >= 0.3 is 0 Å².